The van der Waals surface area contributed by atoms with Crippen molar-refractivity contribution in [3.05, 3.63) is 28.7 Å². The first-order chi connectivity index (χ1) is 12.0. The number of nitrogens with zero attached hydrogens (tertiary/aromatic N) is 2. The van der Waals surface area contributed by atoms with Crippen molar-refractivity contribution in [3.8, 4) is 0 Å². The van der Waals surface area contributed by atoms with Crippen LogP contribution in [0.2, 0.25) is 0 Å². The zero-order valence-electron chi connectivity index (χ0n) is 14.9. The van der Waals surface area contributed by atoms with Crippen LogP contribution in [-0.2, 0) is 9.53 Å². The fourth-order valence-corrected chi connectivity index (χ4v) is 3.37. The van der Waals surface area contributed by atoms with Gasteiger partial charge in [0.15, 0.2) is 0 Å². The van der Waals surface area contributed by atoms with Crippen molar-refractivity contribution in [2.75, 3.05) is 6.61 Å². The number of unbranched alkanes of at least 4 members (excludes halogenated alkanes) is 1. The van der Waals surface area contributed by atoms with Crippen LogP contribution < -0.4 is 0 Å². The van der Waals surface area contributed by atoms with E-state index in [1.165, 1.54) is 0 Å². The van der Waals surface area contributed by atoms with Gasteiger partial charge in [-0.3, -0.25) is 4.79 Å². The minimum absolute atomic E-state index is 0.0774. The van der Waals surface area contributed by atoms with E-state index in [-0.39, 0.29) is 30.6 Å². The summed E-state index contributed by atoms with van der Waals surface area (Å²) in [7, 11) is 0. The highest BCUT2D eigenvalue weighted by atomic mass is 79.9. The number of hydrogen-bond acceptors (Lipinski definition) is 5. The third-order valence-electron chi connectivity index (χ3n) is 4.59. The van der Waals surface area contributed by atoms with Crippen LogP contribution in [0.1, 0.15) is 46.0 Å². The molecule has 0 bridgehead atoms. The average molecular weight is 411 g/mol. The molecule has 6 heteroatoms. The first kappa shape index (κ1) is 20.0. The Hall–Kier alpha value is -1.27. The van der Waals surface area contributed by atoms with E-state index in [2.05, 4.69) is 40.0 Å². The first-order valence-corrected chi connectivity index (χ1v) is 9.76. The fraction of sp³-hybridized carbons (Fsp3) is 0.632. The van der Waals surface area contributed by atoms with Gasteiger partial charge in [0.1, 0.15) is 12.0 Å². The van der Waals surface area contributed by atoms with Gasteiger partial charge in [0.2, 0.25) is 0 Å². The average Bonchev–Trinajstić information content (AvgIpc) is 2.57. The minimum Gasteiger partial charge on any atom is -0.461 e. The van der Waals surface area contributed by atoms with Gasteiger partial charge in [-0.05, 0) is 56.4 Å². The summed E-state index contributed by atoms with van der Waals surface area (Å²) in [4.78, 5) is 11.1. The molecule has 1 N–H and O–H groups in total. The van der Waals surface area contributed by atoms with Crippen LogP contribution in [0, 0.1) is 11.8 Å². The number of azo groups is 1. The summed E-state index contributed by atoms with van der Waals surface area (Å²) in [6, 6.07) is 8.00. The highest BCUT2D eigenvalue weighted by Crippen LogP contribution is 2.27. The Morgan fingerprint density at radius 2 is 1.96 bits per heavy atom. The van der Waals surface area contributed by atoms with Crippen molar-refractivity contribution >= 4 is 27.6 Å². The molecule has 5 nitrogen and oxygen atoms in total. The van der Waals surface area contributed by atoms with E-state index in [0.29, 0.717) is 5.92 Å². The predicted octanol–water partition coefficient (Wildman–Crippen LogP) is 5.04. The van der Waals surface area contributed by atoms with E-state index in [0.717, 1.165) is 42.3 Å². The summed E-state index contributed by atoms with van der Waals surface area (Å²) in [5.41, 5.74) is 0.871. The highest BCUT2D eigenvalue weighted by Gasteiger charge is 2.41. The number of aliphatic hydroxyl groups is 1. The topological polar surface area (TPSA) is 71.2 Å². The third kappa shape index (κ3) is 6.51. The molecule has 1 fully saturated rings. The second-order valence-electron chi connectivity index (χ2n) is 6.93. The molecule has 4 unspecified atom stereocenters. The van der Waals surface area contributed by atoms with Crippen molar-refractivity contribution < 1.29 is 14.6 Å². The van der Waals surface area contributed by atoms with E-state index in [4.69, 9.17) is 9.84 Å². The van der Waals surface area contributed by atoms with Gasteiger partial charge in [-0.1, -0.05) is 35.7 Å². The Balaban J connectivity index is 1.60. The molecule has 1 aromatic rings. The number of halogens is 1. The van der Waals surface area contributed by atoms with Crippen molar-refractivity contribution in [1.82, 2.24) is 0 Å². The smallest absolute Gasteiger partial charge is 0.315 e. The zero-order chi connectivity index (χ0) is 18.2. The van der Waals surface area contributed by atoms with Gasteiger partial charge in [0, 0.05) is 4.47 Å². The summed E-state index contributed by atoms with van der Waals surface area (Å²) in [6.45, 7) is 4.24. The Morgan fingerprint density at radius 1 is 1.24 bits per heavy atom. The SMILES string of the molecule is CC(CCCCC1OC(=O)C1CO)CC(C)N=Nc1ccc(Br)cc1. The molecule has 2 rings (SSSR count). The first-order valence-electron chi connectivity index (χ1n) is 8.97. The van der Waals surface area contributed by atoms with E-state index in [1.807, 2.05) is 24.3 Å². The maximum atomic E-state index is 11.1. The van der Waals surface area contributed by atoms with E-state index in [1.54, 1.807) is 0 Å². The number of ether oxygens (including phenoxy) is 1. The molecule has 1 saturated heterocycles. The van der Waals surface area contributed by atoms with Gasteiger partial charge in [0.05, 0.1) is 18.3 Å². The molecular formula is C19H27BrN2O3. The normalized spacial score (nSPS) is 22.5. The van der Waals surface area contributed by atoms with Crippen LogP contribution in [0.3, 0.4) is 0 Å². The molecule has 1 aliphatic heterocycles. The quantitative estimate of drug-likeness (QED) is 0.333. The van der Waals surface area contributed by atoms with Crippen LogP contribution >= 0.6 is 15.9 Å². The number of benzene rings is 1. The summed E-state index contributed by atoms with van der Waals surface area (Å²) in [6.07, 6.45) is 5.03. The number of esters is 1. The number of hydrogen-bond donors (Lipinski definition) is 1. The van der Waals surface area contributed by atoms with Crippen LogP contribution in [0.5, 0.6) is 0 Å². The molecule has 1 aliphatic rings. The van der Waals surface area contributed by atoms with Gasteiger partial charge in [0.25, 0.3) is 0 Å². The minimum atomic E-state index is -0.295. The largest absolute Gasteiger partial charge is 0.461 e. The monoisotopic (exact) mass is 410 g/mol. The molecule has 0 aromatic heterocycles. The Bertz CT molecular complexity index is 577. The van der Waals surface area contributed by atoms with Crippen molar-refractivity contribution in [2.24, 2.45) is 22.1 Å². The molecule has 0 spiro atoms. The van der Waals surface area contributed by atoms with Gasteiger partial charge < -0.3 is 9.84 Å². The number of rotatable bonds is 10. The summed E-state index contributed by atoms with van der Waals surface area (Å²) in [5.74, 6) is 0.0266. The van der Waals surface area contributed by atoms with Crippen LogP contribution in [0.25, 0.3) is 0 Å². The second kappa shape index (κ2) is 10.0. The highest BCUT2D eigenvalue weighted by molar-refractivity contribution is 9.10. The van der Waals surface area contributed by atoms with Gasteiger partial charge in [-0.2, -0.15) is 10.2 Å². The zero-order valence-corrected chi connectivity index (χ0v) is 16.5. The Labute approximate surface area is 158 Å². The standard InChI is InChI=1S/C19H27BrN2O3/c1-13(5-3-4-6-18-17(12-23)19(24)25-18)11-14(2)21-22-16-9-7-15(20)8-10-16/h7-10,13-14,17-18,23H,3-6,11-12H2,1-2H3. The lowest BCUT2D eigenvalue weighted by Gasteiger charge is -2.33. The molecule has 0 saturated carbocycles. The number of cyclic esters (lactones) is 1. The van der Waals surface area contributed by atoms with Crippen LogP contribution in [0.15, 0.2) is 39.0 Å². The summed E-state index contributed by atoms with van der Waals surface area (Å²) >= 11 is 3.41. The van der Waals surface area contributed by atoms with Crippen LogP contribution in [-0.4, -0.2) is 29.8 Å². The molecule has 1 aromatic carbocycles. The molecule has 0 radical (unpaired) electrons. The molecule has 25 heavy (non-hydrogen) atoms. The lowest BCUT2D eigenvalue weighted by Crippen LogP contribution is -2.47. The third-order valence-corrected chi connectivity index (χ3v) is 5.12. The van der Waals surface area contributed by atoms with E-state index < -0.39 is 0 Å². The maximum Gasteiger partial charge on any atom is 0.315 e. The Morgan fingerprint density at radius 3 is 2.60 bits per heavy atom. The number of aliphatic hydroxyl groups excluding tert-OH is 1. The fourth-order valence-electron chi connectivity index (χ4n) is 3.11. The molecule has 4 atom stereocenters. The lowest BCUT2D eigenvalue weighted by atomic mass is 9.91. The predicted molar refractivity (Wildman–Crippen MR) is 101 cm³/mol. The van der Waals surface area contributed by atoms with E-state index >= 15 is 0 Å². The lowest BCUT2D eigenvalue weighted by molar-refractivity contribution is -0.189. The van der Waals surface area contributed by atoms with Gasteiger partial charge in [-0.25, -0.2) is 0 Å². The van der Waals surface area contributed by atoms with Crippen molar-refractivity contribution in [3.63, 3.8) is 0 Å². The molecule has 138 valence electrons. The second-order valence-corrected chi connectivity index (χ2v) is 7.85. The van der Waals surface area contributed by atoms with Crippen molar-refractivity contribution in [1.29, 1.82) is 0 Å². The summed E-state index contributed by atoms with van der Waals surface area (Å²) in [5, 5.41) is 17.8. The van der Waals surface area contributed by atoms with E-state index in [9.17, 15) is 4.79 Å². The maximum absolute atomic E-state index is 11.1. The molecular weight excluding hydrogens is 384 g/mol. The van der Waals surface area contributed by atoms with Crippen LogP contribution in [0.4, 0.5) is 5.69 Å². The van der Waals surface area contributed by atoms with Crippen molar-refractivity contribution in [2.45, 2.75) is 58.1 Å². The molecule has 0 aliphatic carbocycles. The van der Waals surface area contributed by atoms with Gasteiger partial charge in [-0.15, -0.1) is 0 Å². The number of carbonyl (C=O) groups is 1. The molecule has 0 amide bonds. The molecule has 1 heterocycles. The van der Waals surface area contributed by atoms with Gasteiger partial charge >= 0.3 is 5.97 Å². The summed E-state index contributed by atoms with van der Waals surface area (Å²) < 4.78 is 6.10. The Kier molecular flexibility index (Phi) is 8.03. The number of carbonyl (C=O) groups excluding carboxylic acids is 1.